The minimum Gasteiger partial charge on any atom is -0.497 e. The Balaban J connectivity index is 2.02. The van der Waals surface area contributed by atoms with Gasteiger partial charge in [-0.15, -0.1) is 0 Å². The molecule has 5 nitrogen and oxygen atoms in total. The van der Waals surface area contributed by atoms with Crippen LogP contribution in [0.1, 0.15) is 18.4 Å². The zero-order valence-corrected chi connectivity index (χ0v) is 9.42. The predicted molar refractivity (Wildman–Crippen MR) is 61.3 cm³/mol. The van der Waals surface area contributed by atoms with Crippen LogP contribution < -0.4 is 4.74 Å². The highest BCUT2D eigenvalue weighted by Gasteiger charge is 2.24. The summed E-state index contributed by atoms with van der Waals surface area (Å²) in [6.45, 7) is 0. The maximum Gasteiger partial charge on any atom is 0.307 e. The molecule has 5 heteroatoms. The summed E-state index contributed by atoms with van der Waals surface area (Å²) in [7, 11) is 1.61. The molecule has 1 aromatic rings. The summed E-state index contributed by atoms with van der Waals surface area (Å²) in [5.74, 6) is -0.100. The Hall–Kier alpha value is -2.04. The highest BCUT2D eigenvalue weighted by molar-refractivity contribution is 6.01. The lowest BCUT2D eigenvalue weighted by Gasteiger charge is -2.03. The average molecular weight is 235 g/mol. The number of nitrogens with zero attached hydrogens (tertiary/aromatic N) is 1. The molecule has 0 radical (unpaired) electrons. The molecule has 0 unspecified atom stereocenters. The zero-order valence-electron chi connectivity index (χ0n) is 9.42. The summed E-state index contributed by atoms with van der Waals surface area (Å²) in [6, 6.07) is 7.43. The topological polar surface area (TPSA) is 68.1 Å². The zero-order chi connectivity index (χ0) is 12.3. The number of methoxy groups -OCH3 is 1. The SMILES string of the molecule is COc1ccc(C2=NO[C@@H](CC(=O)O)C2)cc1. The Bertz CT molecular complexity index is 438. The molecule has 0 aliphatic carbocycles. The monoisotopic (exact) mass is 235 g/mol. The molecule has 1 aliphatic rings. The Morgan fingerprint density at radius 3 is 2.82 bits per heavy atom. The molecule has 0 fully saturated rings. The molecule has 0 saturated carbocycles. The van der Waals surface area contributed by atoms with Gasteiger partial charge in [0.25, 0.3) is 0 Å². The van der Waals surface area contributed by atoms with E-state index in [1.807, 2.05) is 24.3 Å². The van der Waals surface area contributed by atoms with Gasteiger partial charge in [0.15, 0.2) is 0 Å². The highest BCUT2D eigenvalue weighted by Crippen LogP contribution is 2.20. The number of rotatable bonds is 4. The first kappa shape index (κ1) is 11.4. The molecular weight excluding hydrogens is 222 g/mol. The number of benzene rings is 1. The van der Waals surface area contributed by atoms with E-state index in [1.165, 1.54) is 0 Å². The summed E-state index contributed by atoms with van der Waals surface area (Å²) in [5.41, 5.74) is 1.71. The van der Waals surface area contributed by atoms with Crippen molar-refractivity contribution in [3.8, 4) is 5.75 Å². The molecule has 0 aromatic heterocycles. The van der Waals surface area contributed by atoms with Gasteiger partial charge in [0.05, 0.1) is 19.2 Å². The summed E-state index contributed by atoms with van der Waals surface area (Å²) in [6.07, 6.45) is 0.145. The number of ether oxygens (including phenoxy) is 1. The van der Waals surface area contributed by atoms with E-state index in [2.05, 4.69) is 5.16 Å². The van der Waals surface area contributed by atoms with E-state index >= 15 is 0 Å². The van der Waals surface area contributed by atoms with E-state index in [-0.39, 0.29) is 12.5 Å². The normalized spacial score (nSPS) is 18.4. The maximum atomic E-state index is 10.5. The molecule has 0 amide bonds. The summed E-state index contributed by atoms with van der Waals surface area (Å²) in [5, 5.41) is 12.6. The number of hydrogen-bond donors (Lipinski definition) is 1. The van der Waals surface area contributed by atoms with Crippen molar-refractivity contribution in [3.63, 3.8) is 0 Å². The van der Waals surface area contributed by atoms with Gasteiger partial charge in [0.2, 0.25) is 0 Å². The van der Waals surface area contributed by atoms with Crippen LogP contribution in [-0.2, 0) is 9.63 Å². The quantitative estimate of drug-likeness (QED) is 0.861. The third-order valence-electron chi connectivity index (χ3n) is 2.56. The second-order valence-electron chi connectivity index (χ2n) is 3.80. The fourth-order valence-corrected chi connectivity index (χ4v) is 1.69. The third-order valence-corrected chi connectivity index (χ3v) is 2.56. The minimum atomic E-state index is -0.874. The van der Waals surface area contributed by atoms with Crippen molar-refractivity contribution >= 4 is 11.7 Å². The summed E-state index contributed by atoms with van der Waals surface area (Å²) < 4.78 is 5.06. The second-order valence-corrected chi connectivity index (χ2v) is 3.80. The number of carboxylic acid groups (broad SMARTS) is 1. The van der Waals surface area contributed by atoms with Gasteiger partial charge >= 0.3 is 5.97 Å². The van der Waals surface area contributed by atoms with E-state index in [4.69, 9.17) is 14.7 Å². The Labute approximate surface area is 98.6 Å². The van der Waals surface area contributed by atoms with Crippen molar-refractivity contribution in [3.05, 3.63) is 29.8 Å². The number of aliphatic carboxylic acids is 1. The van der Waals surface area contributed by atoms with Gasteiger partial charge in [-0.3, -0.25) is 4.79 Å². The van der Waals surface area contributed by atoms with Crippen LogP contribution in [0.5, 0.6) is 5.75 Å². The van der Waals surface area contributed by atoms with Crippen molar-refractivity contribution < 1.29 is 19.5 Å². The average Bonchev–Trinajstić information content (AvgIpc) is 2.77. The van der Waals surface area contributed by atoms with Gasteiger partial charge in [-0.05, 0) is 29.8 Å². The van der Waals surface area contributed by atoms with E-state index < -0.39 is 5.97 Å². The highest BCUT2D eigenvalue weighted by atomic mass is 16.6. The lowest BCUT2D eigenvalue weighted by atomic mass is 10.0. The molecule has 1 atom stereocenters. The standard InChI is InChI=1S/C12H13NO4/c1-16-9-4-2-8(3-5-9)11-6-10(17-13-11)7-12(14)15/h2-5,10H,6-7H2,1H3,(H,14,15)/t10-/m1/s1. The van der Waals surface area contributed by atoms with Crippen molar-refractivity contribution in [2.75, 3.05) is 7.11 Å². The van der Waals surface area contributed by atoms with Gasteiger partial charge < -0.3 is 14.7 Å². The molecule has 1 N–H and O–H groups in total. The number of carboxylic acids is 1. The molecule has 1 aromatic carbocycles. The van der Waals surface area contributed by atoms with E-state index in [0.717, 1.165) is 17.0 Å². The van der Waals surface area contributed by atoms with Gasteiger partial charge in [-0.2, -0.15) is 0 Å². The fraction of sp³-hybridized carbons (Fsp3) is 0.333. The number of carbonyl (C=O) groups is 1. The van der Waals surface area contributed by atoms with Crippen molar-refractivity contribution in [1.29, 1.82) is 0 Å². The third kappa shape index (κ3) is 2.75. The van der Waals surface area contributed by atoms with Crippen LogP contribution in [0.3, 0.4) is 0 Å². The van der Waals surface area contributed by atoms with E-state index in [9.17, 15) is 4.79 Å². The Morgan fingerprint density at radius 1 is 1.53 bits per heavy atom. The predicted octanol–water partition coefficient (Wildman–Crippen LogP) is 1.66. The van der Waals surface area contributed by atoms with Crippen LogP contribution in [0.15, 0.2) is 29.4 Å². The lowest BCUT2D eigenvalue weighted by Crippen LogP contribution is -2.13. The van der Waals surface area contributed by atoms with E-state index in [0.29, 0.717) is 6.42 Å². The largest absolute Gasteiger partial charge is 0.497 e. The molecule has 2 rings (SSSR count). The minimum absolute atomic E-state index is 0.0246. The van der Waals surface area contributed by atoms with Gasteiger partial charge in [0, 0.05) is 6.42 Å². The summed E-state index contributed by atoms with van der Waals surface area (Å²) >= 11 is 0. The first-order valence-electron chi connectivity index (χ1n) is 5.28. The van der Waals surface area contributed by atoms with Crippen LogP contribution in [-0.4, -0.2) is 30.0 Å². The molecular formula is C12H13NO4. The van der Waals surface area contributed by atoms with Gasteiger partial charge in [-0.25, -0.2) is 0 Å². The van der Waals surface area contributed by atoms with E-state index in [1.54, 1.807) is 7.11 Å². The smallest absolute Gasteiger partial charge is 0.307 e. The Kier molecular flexibility index (Phi) is 3.27. The molecule has 1 aliphatic heterocycles. The molecule has 0 bridgehead atoms. The molecule has 0 saturated heterocycles. The number of oxime groups is 1. The van der Waals surface area contributed by atoms with Crippen molar-refractivity contribution in [2.24, 2.45) is 5.16 Å². The lowest BCUT2D eigenvalue weighted by molar-refractivity contribution is -0.139. The fourth-order valence-electron chi connectivity index (χ4n) is 1.69. The molecule has 90 valence electrons. The second kappa shape index (κ2) is 4.86. The molecule has 1 heterocycles. The van der Waals surface area contributed by atoms with Crippen molar-refractivity contribution in [1.82, 2.24) is 0 Å². The molecule has 0 spiro atoms. The first-order valence-corrected chi connectivity index (χ1v) is 5.28. The van der Waals surface area contributed by atoms with Crippen molar-refractivity contribution in [2.45, 2.75) is 18.9 Å². The van der Waals surface area contributed by atoms with Crippen LogP contribution in [0.4, 0.5) is 0 Å². The Morgan fingerprint density at radius 2 is 2.24 bits per heavy atom. The van der Waals surface area contributed by atoms with Crippen LogP contribution in [0.25, 0.3) is 0 Å². The number of hydrogen-bond acceptors (Lipinski definition) is 4. The molecule has 17 heavy (non-hydrogen) atoms. The first-order chi connectivity index (χ1) is 8.19. The van der Waals surface area contributed by atoms with Crippen LogP contribution >= 0.6 is 0 Å². The van der Waals surface area contributed by atoms with Crippen LogP contribution in [0.2, 0.25) is 0 Å². The van der Waals surface area contributed by atoms with Crippen LogP contribution in [0, 0.1) is 0 Å². The maximum absolute atomic E-state index is 10.5. The van der Waals surface area contributed by atoms with Gasteiger partial charge in [0.1, 0.15) is 11.9 Å². The summed E-state index contributed by atoms with van der Waals surface area (Å²) in [4.78, 5) is 15.6. The van der Waals surface area contributed by atoms with Gasteiger partial charge in [-0.1, -0.05) is 5.16 Å².